The Bertz CT molecular complexity index is 429. The summed E-state index contributed by atoms with van der Waals surface area (Å²) >= 11 is 0. The molecule has 1 aromatic heterocycles. The van der Waals surface area contributed by atoms with Crippen LogP contribution in [0, 0.1) is 12.8 Å². The summed E-state index contributed by atoms with van der Waals surface area (Å²) in [6, 6.07) is 1.58. The van der Waals surface area contributed by atoms with Gasteiger partial charge in [-0.05, 0) is 19.9 Å². The lowest BCUT2D eigenvalue weighted by molar-refractivity contribution is -0.137. The number of aryl methyl sites for hydroxylation is 1. The van der Waals surface area contributed by atoms with Crippen molar-refractivity contribution < 1.29 is 14.3 Å². The summed E-state index contributed by atoms with van der Waals surface area (Å²) in [4.78, 5) is 22.8. The van der Waals surface area contributed by atoms with Gasteiger partial charge in [0.25, 0.3) is 5.88 Å². The molecule has 1 unspecified atom stereocenters. The lowest BCUT2D eigenvalue weighted by Crippen LogP contribution is -2.32. The number of ether oxygens (including phenoxy) is 1. The summed E-state index contributed by atoms with van der Waals surface area (Å²) in [6.07, 6.45) is 0. The number of hydrogen-bond donors (Lipinski definition) is 0. The maximum atomic E-state index is 11.6. The van der Waals surface area contributed by atoms with Crippen molar-refractivity contribution in [3.63, 3.8) is 0 Å². The van der Waals surface area contributed by atoms with Gasteiger partial charge >= 0.3 is 5.97 Å². The molecule has 5 heteroatoms. The second-order valence-electron chi connectivity index (χ2n) is 3.21. The zero-order chi connectivity index (χ0) is 12.3. The predicted molar refractivity (Wildman–Crippen MR) is 57.2 cm³/mol. The quantitative estimate of drug-likeness (QED) is 0.492. The van der Waals surface area contributed by atoms with Crippen molar-refractivity contribution >= 4 is 11.8 Å². The van der Waals surface area contributed by atoms with E-state index in [-0.39, 0.29) is 11.7 Å². The molecule has 0 saturated heterocycles. The van der Waals surface area contributed by atoms with Gasteiger partial charge in [0.1, 0.15) is 5.92 Å². The molecule has 86 valence electrons. The van der Waals surface area contributed by atoms with Crippen LogP contribution in [0.4, 0.5) is 0 Å². The van der Waals surface area contributed by atoms with Gasteiger partial charge in [-0.15, -0.1) is 5.10 Å². The number of hydrogen-bond acceptors (Lipinski definition) is 5. The van der Waals surface area contributed by atoms with E-state index in [1.807, 2.05) is 13.8 Å². The van der Waals surface area contributed by atoms with Crippen molar-refractivity contribution in [2.75, 3.05) is 0 Å². The van der Waals surface area contributed by atoms with Crippen LogP contribution in [0.3, 0.4) is 0 Å². The first-order chi connectivity index (χ1) is 7.59. The summed E-state index contributed by atoms with van der Waals surface area (Å²) in [7, 11) is 0. The summed E-state index contributed by atoms with van der Waals surface area (Å²) in [6.45, 7) is 7.24. The molecule has 2 rings (SSSR count). The molecular formula is C11H14N2O3. The maximum absolute atomic E-state index is 11.6. The molecule has 0 radical (unpaired) electrons. The van der Waals surface area contributed by atoms with E-state index >= 15 is 0 Å². The van der Waals surface area contributed by atoms with Crippen LogP contribution in [0.25, 0.3) is 0 Å². The lowest BCUT2D eigenvalue weighted by atomic mass is 9.98. The maximum Gasteiger partial charge on any atom is 0.323 e. The van der Waals surface area contributed by atoms with Gasteiger partial charge in [-0.3, -0.25) is 9.59 Å². The standard InChI is InChI=1S/C9H8N2O3.C2H6/c1-4-3-6-7(12)5(2)9(13)14-8(6)11-10-4;1-2/h3,5H,1-2H3;1-2H3. The number of Topliss-reactive ketones (excluding diaryl/α,β-unsaturated/α-hetero) is 1. The summed E-state index contributed by atoms with van der Waals surface area (Å²) in [5, 5.41) is 7.35. The minimum atomic E-state index is -0.744. The lowest BCUT2D eigenvalue weighted by Gasteiger charge is -2.17. The van der Waals surface area contributed by atoms with Crippen LogP contribution in [0.2, 0.25) is 0 Å². The molecule has 0 N–H and O–H groups in total. The summed E-state index contributed by atoms with van der Waals surface area (Å²) in [5.41, 5.74) is 0.965. The second kappa shape index (κ2) is 4.83. The smallest absolute Gasteiger partial charge is 0.323 e. The van der Waals surface area contributed by atoms with Crippen LogP contribution in [-0.4, -0.2) is 21.9 Å². The predicted octanol–water partition coefficient (Wildman–Crippen LogP) is 1.55. The monoisotopic (exact) mass is 222 g/mol. The van der Waals surface area contributed by atoms with Crippen molar-refractivity contribution in [3.8, 4) is 5.88 Å². The highest BCUT2D eigenvalue weighted by Crippen LogP contribution is 2.25. The van der Waals surface area contributed by atoms with Crippen LogP contribution >= 0.6 is 0 Å². The average Bonchev–Trinajstić information content (AvgIpc) is 2.30. The SMILES string of the molecule is CC.Cc1cc2c(nn1)OC(=O)C(C)C2=O. The number of carbonyl (C=O) groups is 2. The van der Waals surface area contributed by atoms with Crippen molar-refractivity contribution in [1.82, 2.24) is 10.2 Å². The zero-order valence-electron chi connectivity index (χ0n) is 9.77. The molecule has 0 fully saturated rings. The van der Waals surface area contributed by atoms with E-state index in [1.54, 1.807) is 13.0 Å². The third-order valence-electron chi connectivity index (χ3n) is 2.09. The van der Waals surface area contributed by atoms with Gasteiger partial charge in [0.05, 0.1) is 11.3 Å². The number of nitrogens with zero attached hydrogens (tertiary/aromatic N) is 2. The molecule has 1 aliphatic heterocycles. The Morgan fingerprint density at radius 3 is 2.50 bits per heavy atom. The fraction of sp³-hybridized carbons (Fsp3) is 0.455. The number of esters is 1. The third kappa shape index (κ3) is 2.08. The van der Waals surface area contributed by atoms with E-state index in [1.165, 1.54) is 6.92 Å². The number of ketones is 1. The van der Waals surface area contributed by atoms with Crippen molar-refractivity contribution in [1.29, 1.82) is 0 Å². The van der Waals surface area contributed by atoms with Crippen molar-refractivity contribution in [2.24, 2.45) is 5.92 Å². The first-order valence-electron chi connectivity index (χ1n) is 5.20. The number of rotatable bonds is 0. The zero-order valence-corrected chi connectivity index (χ0v) is 9.77. The van der Waals surface area contributed by atoms with E-state index < -0.39 is 11.9 Å². The Morgan fingerprint density at radius 1 is 1.25 bits per heavy atom. The normalized spacial score (nSPS) is 18.1. The van der Waals surface area contributed by atoms with Gasteiger partial charge in [-0.2, -0.15) is 5.10 Å². The molecule has 0 bridgehead atoms. The highest BCUT2D eigenvalue weighted by atomic mass is 16.5. The molecule has 1 aromatic rings. The molecule has 0 spiro atoms. The van der Waals surface area contributed by atoms with Crippen LogP contribution < -0.4 is 4.74 Å². The highest BCUT2D eigenvalue weighted by Gasteiger charge is 2.34. The molecule has 1 atom stereocenters. The second-order valence-corrected chi connectivity index (χ2v) is 3.21. The minimum Gasteiger partial charge on any atom is -0.404 e. The van der Waals surface area contributed by atoms with Crippen LogP contribution in [0.5, 0.6) is 5.88 Å². The van der Waals surface area contributed by atoms with Gasteiger partial charge in [0.15, 0.2) is 5.78 Å². The Labute approximate surface area is 93.8 Å². The number of aromatic nitrogens is 2. The Hall–Kier alpha value is -1.78. The van der Waals surface area contributed by atoms with E-state index in [9.17, 15) is 9.59 Å². The molecule has 0 aliphatic carbocycles. The third-order valence-corrected chi connectivity index (χ3v) is 2.09. The van der Waals surface area contributed by atoms with E-state index in [0.717, 1.165) is 0 Å². The largest absolute Gasteiger partial charge is 0.404 e. The van der Waals surface area contributed by atoms with E-state index in [4.69, 9.17) is 4.74 Å². The Balaban J connectivity index is 0.000000606. The molecule has 0 amide bonds. The van der Waals surface area contributed by atoms with Crippen LogP contribution in [0.1, 0.15) is 36.8 Å². The van der Waals surface area contributed by atoms with Gasteiger partial charge in [-0.1, -0.05) is 13.8 Å². The Morgan fingerprint density at radius 2 is 1.88 bits per heavy atom. The first kappa shape index (κ1) is 12.3. The minimum absolute atomic E-state index is 0.0173. The Kier molecular flexibility index (Phi) is 3.71. The first-order valence-corrected chi connectivity index (χ1v) is 5.20. The molecular weight excluding hydrogens is 208 g/mol. The van der Waals surface area contributed by atoms with Crippen LogP contribution in [0.15, 0.2) is 6.07 Å². The van der Waals surface area contributed by atoms with Crippen LogP contribution in [-0.2, 0) is 4.79 Å². The summed E-state index contributed by atoms with van der Waals surface area (Å²) < 4.78 is 4.84. The van der Waals surface area contributed by atoms with Gasteiger partial charge in [-0.25, -0.2) is 0 Å². The highest BCUT2D eigenvalue weighted by molar-refractivity contribution is 6.12. The van der Waals surface area contributed by atoms with Crippen molar-refractivity contribution in [3.05, 3.63) is 17.3 Å². The molecule has 2 heterocycles. The average molecular weight is 222 g/mol. The fourth-order valence-electron chi connectivity index (χ4n) is 1.25. The van der Waals surface area contributed by atoms with E-state index in [0.29, 0.717) is 11.3 Å². The summed E-state index contributed by atoms with van der Waals surface area (Å²) in [5.74, 6) is -1.55. The van der Waals surface area contributed by atoms with Gasteiger partial charge in [0, 0.05) is 0 Å². The fourth-order valence-corrected chi connectivity index (χ4v) is 1.25. The number of fused-ring (bicyclic) bond motifs is 1. The van der Waals surface area contributed by atoms with Crippen molar-refractivity contribution in [2.45, 2.75) is 27.7 Å². The molecule has 5 nitrogen and oxygen atoms in total. The van der Waals surface area contributed by atoms with E-state index in [2.05, 4.69) is 10.2 Å². The molecule has 0 saturated carbocycles. The number of carbonyl (C=O) groups excluding carboxylic acids is 2. The topological polar surface area (TPSA) is 69.2 Å². The van der Waals surface area contributed by atoms with Gasteiger partial charge in [0.2, 0.25) is 0 Å². The molecule has 1 aliphatic rings. The molecule has 0 aromatic carbocycles. The molecule has 16 heavy (non-hydrogen) atoms. The van der Waals surface area contributed by atoms with Gasteiger partial charge < -0.3 is 4.74 Å².